The summed E-state index contributed by atoms with van der Waals surface area (Å²) < 4.78 is 13.0. The van der Waals surface area contributed by atoms with E-state index in [1.807, 2.05) is 25.3 Å². The number of halogens is 1. The molecule has 0 atom stereocenters. The van der Waals surface area contributed by atoms with Crippen LogP contribution in [0.4, 0.5) is 4.39 Å². The Morgan fingerprint density at radius 2 is 1.79 bits per heavy atom. The van der Waals surface area contributed by atoms with Crippen LogP contribution in [0.5, 0.6) is 0 Å². The van der Waals surface area contributed by atoms with E-state index in [0.717, 1.165) is 24.1 Å². The van der Waals surface area contributed by atoms with E-state index >= 15 is 0 Å². The molecule has 0 amide bonds. The predicted octanol–water partition coefficient (Wildman–Crippen LogP) is 3.20. The Morgan fingerprint density at radius 1 is 1.05 bits per heavy atom. The van der Waals surface area contributed by atoms with E-state index in [2.05, 4.69) is 23.7 Å². The zero-order chi connectivity index (χ0) is 14.3. The molecule has 0 aliphatic heterocycles. The average molecular weight is 260 g/mol. The highest BCUT2D eigenvalue weighted by atomic mass is 19.1. The molecule has 0 fully saturated rings. The number of aryl methyl sites for hydroxylation is 4. The van der Waals surface area contributed by atoms with Gasteiger partial charge in [0.2, 0.25) is 0 Å². The molecule has 3 heteroatoms. The van der Waals surface area contributed by atoms with Crippen molar-refractivity contribution < 1.29 is 4.39 Å². The largest absolute Gasteiger partial charge is 0.333 e. The van der Waals surface area contributed by atoms with Crippen LogP contribution in [-0.2, 0) is 12.8 Å². The van der Waals surface area contributed by atoms with Gasteiger partial charge in [-0.05, 0) is 68.6 Å². The fourth-order valence-corrected chi connectivity index (χ4v) is 1.97. The Hall–Kier alpha value is -1.74. The first kappa shape index (κ1) is 15.3. The Balaban J connectivity index is 0.000000861. The van der Waals surface area contributed by atoms with Gasteiger partial charge in [0.05, 0.1) is 0 Å². The maximum atomic E-state index is 13.0. The molecule has 0 radical (unpaired) electrons. The molecule has 0 spiro atoms. The Labute approximate surface area is 114 Å². The number of aromatic nitrogens is 1. The number of benzene rings is 1. The molecule has 19 heavy (non-hydrogen) atoms. The summed E-state index contributed by atoms with van der Waals surface area (Å²) in [5.74, 6) is -0.166. The maximum absolute atomic E-state index is 13.0. The second-order valence-corrected chi connectivity index (χ2v) is 4.34. The molecule has 2 nitrogen and oxygen atoms in total. The first-order valence-corrected chi connectivity index (χ1v) is 6.40. The van der Waals surface area contributed by atoms with Crippen LogP contribution in [0.3, 0.4) is 0 Å². The van der Waals surface area contributed by atoms with Crippen molar-refractivity contribution in [3.63, 3.8) is 0 Å². The lowest BCUT2D eigenvalue weighted by Crippen LogP contribution is -1.98. The van der Waals surface area contributed by atoms with Gasteiger partial charge in [0.25, 0.3) is 0 Å². The summed E-state index contributed by atoms with van der Waals surface area (Å²) in [5, 5.41) is 0. The molecule has 0 unspecified atom stereocenters. The summed E-state index contributed by atoms with van der Waals surface area (Å²) in [5.41, 5.74) is 9.04. The predicted molar refractivity (Wildman–Crippen MR) is 77.6 cm³/mol. The summed E-state index contributed by atoms with van der Waals surface area (Å²) in [4.78, 5) is 4.37. The van der Waals surface area contributed by atoms with E-state index in [1.165, 1.54) is 24.2 Å². The number of nitrogens with two attached hydrogens (primary N) is 1. The third-order valence-electron chi connectivity index (χ3n) is 3.05. The molecular weight excluding hydrogens is 239 g/mol. The van der Waals surface area contributed by atoms with Gasteiger partial charge >= 0.3 is 0 Å². The van der Waals surface area contributed by atoms with Crippen molar-refractivity contribution in [1.82, 2.24) is 4.98 Å². The van der Waals surface area contributed by atoms with E-state index in [9.17, 15) is 4.39 Å². The number of pyridine rings is 1. The van der Waals surface area contributed by atoms with Crippen molar-refractivity contribution in [2.75, 3.05) is 7.05 Å². The first-order valence-electron chi connectivity index (χ1n) is 6.40. The van der Waals surface area contributed by atoms with Crippen molar-refractivity contribution in [2.45, 2.75) is 26.7 Å². The molecule has 0 saturated carbocycles. The van der Waals surface area contributed by atoms with Crippen LogP contribution in [0.2, 0.25) is 0 Å². The van der Waals surface area contributed by atoms with E-state index in [1.54, 1.807) is 6.07 Å². The van der Waals surface area contributed by atoms with Crippen molar-refractivity contribution in [1.29, 1.82) is 0 Å². The van der Waals surface area contributed by atoms with E-state index in [0.29, 0.717) is 0 Å². The van der Waals surface area contributed by atoms with Crippen LogP contribution in [0.15, 0.2) is 36.5 Å². The molecule has 2 aromatic rings. The van der Waals surface area contributed by atoms with Crippen molar-refractivity contribution in [3.05, 3.63) is 64.7 Å². The van der Waals surface area contributed by atoms with Gasteiger partial charge in [0.15, 0.2) is 0 Å². The van der Waals surface area contributed by atoms with Gasteiger partial charge in [-0.3, -0.25) is 4.98 Å². The maximum Gasteiger partial charge on any atom is 0.123 e. The van der Waals surface area contributed by atoms with Crippen LogP contribution < -0.4 is 5.73 Å². The lowest BCUT2D eigenvalue weighted by atomic mass is 10.0. The topological polar surface area (TPSA) is 38.9 Å². The van der Waals surface area contributed by atoms with Crippen LogP contribution in [0, 0.1) is 19.7 Å². The van der Waals surface area contributed by atoms with E-state index in [4.69, 9.17) is 0 Å². The van der Waals surface area contributed by atoms with Gasteiger partial charge in [-0.2, -0.15) is 0 Å². The molecule has 2 rings (SSSR count). The lowest BCUT2D eigenvalue weighted by molar-refractivity contribution is 0.625. The molecule has 1 aromatic carbocycles. The van der Waals surface area contributed by atoms with Gasteiger partial charge in [-0.25, -0.2) is 4.39 Å². The minimum atomic E-state index is -0.166. The molecule has 2 N–H and O–H groups in total. The highest BCUT2D eigenvalue weighted by Crippen LogP contribution is 2.14. The summed E-state index contributed by atoms with van der Waals surface area (Å²) >= 11 is 0. The summed E-state index contributed by atoms with van der Waals surface area (Å²) in [6, 6.07) is 8.99. The summed E-state index contributed by atoms with van der Waals surface area (Å²) in [6.45, 7) is 4.02. The third-order valence-corrected chi connectivity index (χ3v) is 3.05. The molecule has 0 saturated heterocycles. The smallest absolute Gasteiger partial charge is 0.123 e. The standard InChI is InChI=1S/C15H16FN.CH5N/c1-11-4-3-9-17-15(11)8-6-13-5-7-14(16)10-12(13)2;1-2/h3-5,7,9-10H,6,8H2,1-2H3;2H2,1H3. The minimum Gasteiger partial charge on any atom is -0.333 e. The molecule has 1 aromatic heterocycles. The minimum absolute atomic E-state index is 0.166. The summed E-state index contributed by atoms with van der Waals surface area (Å²) in [7, 11) is 1.50. The van der Waals surface area contributed by atoms with Crippen LogP contribution in [0.25, 0.3) is 0 Å². The Bertz CT molecular complexity index is 524. The van der Waals surface area contributed by atoms with Gasteiger partial charge in [-0.1, -0.05) is 12.1 Å². The monoisotopic (exact) mass is 260 g/mol. The highest BCUT2D eigenvalue weighted by Gasteiger charge is 2.03. The first-order chi connectivity index (χ1) is 9.16. The Morgan fingerprint density at radius 3 is 2.42 bits per heavy atom. The van der Waals surface area contributed by atoms with E-state index < -0.39 is 0 Å². The van der Waals surface area contributed by atoms with Gasteiger partial charge < -0.3 is 5.73 Å². The second-order valence-electron chi connectivity index (χ2n) is 4.34. The van der Waals surface area contributed by atoms with Crippen LogP contribution in [0.1, 0.15) is 22.4 Å². The van der Waals surface area contributed by atoms with Crippen molar-refractivity contribution >= 4 is 0 Å². The average Bonchev–Trinajstić information content (AvgIpc) is 2.42. The normalized spacial score (nSPS) is 9.74. The van der Waals surface area contributed by atoms with Gasteiger partial charge in [0, 0.05) is 11.9 Å². The molecule has 1 heterocycles. The van der Waals surface area contributed by atoms with Crippen LogP contribution >= 0.6 is 0 Å². The van der Waals surface area contributed by atoms with Gasteiger partial charge in [-0.15, -0.1) is 0 Å². The molecule has 102 valence electrons. The third kappa shape index (κ3) is 4.45. The van der Waals surface area contributed by atoms with Gasteiger partial charge in [0.1, 0.15) is 5.82 Å². The molecule has 0 aliphatic rings. The number of hydrogen-bond acceptors (Lipinski definition) is 2. The fraction of sp³-hybridized carbons (Fsp3) is 0.312. The van der Waals surface area contributed by atoms with Crippen molar-refractivity contribution in [2.24, 2.45) is 5.73 Å². The van der Waals surface area contributed by atoms with Crippen LogP contribution in [-0.4, -0.2) is 12.0 Å². The zero-order valence-electron chi connectivity index (χ0n) is 11.8. The number of rotatable bonds is 3. The van der Waals surface area contributed by atoms with Crippen molar-refractivity contribution in [3.8, 4) is 0 Å². The fourth-order valence-electron chi connectivity index (χ4n) is 1.97. The SMILES string of the molecule is CN.Cc1cc(F)ccc1CCc1ncccc1C. The Kier molecular flexibility index (Phi) is 6.16. The molecule has 0 aliphatic carbocycles. The quantitative estimate of drug-likeness (QED) is 0.920. The molecular formula is C16H21FN2. The second kappa shape index (κ2) is 7.64. The zero-order valence-corrected chi connectivity index (χ0v) is 11.8. The number of nitrogens with zero attached hydrogens (tertiary/aromatic N) is 1. The molecule has 0 bridgehead atoms. The lowest BCUT2D eigenvalue weighted by Gasteiger charge is -2.07. The summed E-state index contributed by atoms with van der Waals surface area (Å²) in [6.07, 6.45) is 3.63. The highest BCUT2D eigenvalue weighted by molar-refractivity contribution is 5.28. The van der Waals surface area contributed by atoms with E-state index in [-0.39, 0.29) is 5.82 Å². The number of hydrogen-bond donors (Lipinski definition) is 1.